The highest BCUT2D eigenvalue weighted by Gasteiger charge is 2.14. The molecule has 0 aliphatic rings. The van der Waals surface area contributed by atoms with E-state index < -0.39 is 0 Å². The van der Waals surface area contributed by atoms with Crippen LogP contribution in [0.2, 0.25) is 5.02 Å². The predicted octanol–water partition coefficient (Wildman–Crippen LogP) is 5.34. The van der Waals surface area contributed by atoms with Crippen LogP contribution in [0.15, 0.2) is 56.4 Å². The van der Waals surface area contributed by atoms with Crippen LogP contribution in [0.5, 0.6) is 0 Å². The smallest absolute Gasteiger partial charge is 0.256 e. The van der Waals surface area contributed by atoms with Gasteiger partial charge in [-0.1, -0.05) is 44.8 Å². The normalized spacial score (nSPS) is 10.7. The van der Waals surface area contributed by atoms with Crippen LogP contribution in [0.25, 0.3) is 0 Å². The molecule has 0 unspecified atom stereocenters. The minimum Gasteiger partial charge on any atom is -0.338 e. The first-order valence-corrected chi connectivity index (χ1v) is 9.46. The van der Waals surface area contributed by atoms with Gasteiger partial charge in [-0.15, -0.1) is 11.8 Å². The number of aromatic nitrogens is 2. The number of nitrogens with zero attached hydrogens (tertiary/aromatic N) is 2. The van der Waals surface area contributed by atoms with Crippen molar-refractivity contribution in [2.75, 3.05) is 5.32 Å². The molecular weight excluding hydrogens is 426 g/mol. The third-order valence-corrected chi connectivity index (χ3v) is 5.10. The van der Waals surface area contributed by atoms with Crippen molar-refractivity contribution in [1.29, 1.82) is 0 Å². The quantitative estimate of drug-likeness (QED) is 0.545. The monoisotopic (exact) mass is 437 g/mol. The molecular formula is C17H13BrClN3O2S. The number of thioether (sulfide) groups is 1. The molecule has 0 spiro atoms. The van der Waals surface area contributed by atoms with Gasteiger partial charge >= 0.3 is 0 Å². The van der Waals surface area contributed by atoms with E-state index in [-0.39, 0.29) is 5.91 Å². The second-order valence-electron chi connectivity index (χ2n) is 5.10. The maximum absolute atomic E-state index is 12.6. The molecule has 1 amide bonds. The molecule has 128 valence electrons. The Morgan fingerprint density at radius 3 is 2.84 bits per heavy atom. The Morgan fingerprint density at radius 1 is 1.32 bits per heavy atom. The lowest BCUT2D eigenvalue weighted by Crippen LogP contribution is -2.13. The van der Waals surface area contributed by atoms with E-state index >= 15 is 0 Å². The molecule has 0 radical (unpaired) electrons. The maximum Gasteiger partial charge on any atom is 0.256 e. The molecule has 1 heterocycles. The maximum atomic E-state index is 12.6. The molecule has 0 saturated heterocycles. The molecule has 3 rings (SSSR count). The van der Waals surface area contributed by atoms with Gasteiger partial charge in [0.1, 0.15) is 0 Å². The number of nitrogens with one attached hydrogen (secondary N) is 1. The van der Waals surface area contributed by atoms with Crippen molar-refractivity contribution in [2.24, 2.45) is 0 Å². The lowest BCUT2D eigenvalue weighted by molar-refractivity contribution is 0.102. The molecule has 0 saturated carbocycles. The summed E-state index contributed by atoms with van der Waals surface area (Å²) < 4.78 is 5.95. The Kier molecular flexibility index (Phi) is 5.78. The summed E-state index contributed by atoms with van der Waals surface area (Å²) in [5, 5.41) is 7.07. The lowest BCUT2D eigenvalue weighted by Gasteiger charge is -2.10. The van der Waals surface area contributed by atoms with Crippen molar-refractivity contribution in [1.82, 2.24) is 10.1 Å². The number of rotatable bonds is 5. The summed E-state index contributed by atoms with van der Waals surface area (Å²) in [6.07, 6.45) is 0. The molecule has 5 nitrogen and oxygen atoms in total. The van der Waals surface area contributed by atoms with Crippen LogP contribution >= 0.6 is 39.3 Å². The van der Waals surface area contributed by atoms with E-state index in [1.807, 2.05) is 24.3 Å². The molecule has 1 aromatic heterocycles. The fraction of sp³-hybridized carbons (Fsp3) is 0.118. The van der Waals surface area contributed by atoms with E-state index in [9.17, 15) is 4.79 Å². The van der Waals surface area contributed by atoms with Crippen LogP contribution < -0.4 is 5.32 Å². The summed E-state index contributed by atoms with van der Waals surface area (Å²) in [5.74, 6) is 1.37. The molecule has 3 aromatic rings. The van der Waals surface area contributed by atoms with Crippen LogP contribution in [0.4, 0.5) is 5.69 Å². The predicted molar refractivity (Wildman–Crippen MR) is 102 cm³/mol. The highest BCUT2D eigenvalue weighted by atomic mass is 79.9. The second-order valence-corrected chi connectivity index (χ2v) is 7.44. The van der Waals surface area contributed by atoms with Crippen molar-refractivity contribution in [3.8, 4) is 0 Å². The van der Waals surface area contributed by atoms with Crippen LogP contribution in [-0.2, 0) is 5.75 Å². The molecule has 0 bridgehead atoms. The standard InChI is InChI=1S/C17H13BrClN3O2S/c1-10-20-16(24-22-10)9-25-15-5-3-2-4-12(15)17(23)21-14-7-6-11(18)8-13(14)19/h2-8H,9H2,1H3,(H,21,23). The topological polar surface area (TPSA) is 68.0 Å². The van der Waals surface area contributed by atoms with Crippen LogP contribution in [0.3, 0.4) is 0 Å². The average molecular weight is 439 g/mol. The van der Waals surface area contributed by atoms with Gasteiger partial charge in [-0.05, 0) is 37.3 Å². The van der Waals surface area contributed by atoms with Crippen molar-refractivity contribution in [3.05, 3.63) is 69.2 Å². The molecule has 1 N–H and O–H groups in total. The first kappa shape index (κ1) is 18.0. The van der Waals surface area contributed by atoms with Gasteiger partial charge in [0.15, 0.2) is 5.82 Å². The Labute approximate surface area is 162 Å². The van der Waals surface area contributed by atoms with E-state index in [0.717, 1.165) is 9.37 Å². The van der Waals surface area contributed by atoms with Gasteiger partial charge in [-0.2, -0.15) is 4.98 Å². The molecule has 0 fully saturated rings. The third-order valence-electron chi connectivity index (χ3n) is 3.23. The third kappa shape index (κ3) is 4.62. The van der Waals surface area contributed by atoms with E-state index in [0.29, 0.717) is 33.7 Å². The number of carbonyl (C=O) groups excluding carboxylic acids is 1. The van der Waals surface area contributed by atoms with Crippen molar-refractivity contribution in [2.45, 2.75) is 17.6 Å². The summed E-state index contributed by atoms with van der Waals surface area (Å²) in [5.41, 5.74) is 1.12. The minimum absolute atomic E-state index is 0.228. The van der Waals surface area contributed by atoms with Crippen molar-refractivity contribution < 1.29 is 9.32 Å². The van der Waals surface area contributed by atoms with E-state index in [1.165, 1.54) is 11.8 Å². The first-order chi connectivity index (χ1) is 12.0. The summed E-state index contributed by atoms with van der Waals surface area (Å²) in [6.45, 7) is 1.76. The van der Waals surface area contributed by atoms with Crippen LogP contribution in [0, 0.1) is 6.92 Å². The average Bonchev–Trinajstić information content (AvgIpc) is 3.01. The number of aryl methyl sites for hydroxylation is 1. The molecule has 0 aliphatic carbocycles. The van der Waals surface area contributed by atoms with Gasteiger partial charge < -0.3 is 9.84 Å². The number of hydrogen-bond acceptors (Lipinski definition) is 5. The fourth-order valence-electron chi connectivity index (χ4n) is 2.10. The van der Waals surface area contributed by atoms with Gasteiger partial charge in [0.2, 0.25) is 5.89 Å². The Bertz CT molecular complexity index is 916. The van der Waals surface area contributed by atoms with Crippen LogP contribution in [-0.4, -0.2) is 16.0 Å². The summed E-state index contributed by atoms with van der Waals surface area (Å²) in [7, 11) is 0. The summed E-state index contributed by atoms with van der Waals surface area (Å²) >= 11 is 11.0. The van der Waals surface area contributed by atoms with Gasteiger partial charge in [-0.3, -0.25) is 4.79 Å². The summed E-state index contributed by atoms with van der Waals surface area (Å²) in [4.78, 5) is 17.6. The molecule has 8 heteroatoms. The highest BCUT2D eigenvalue weighted by Crippen LogP contribution is 2.29. The number of anilines is 1. The molecule has 25 heavy (non-hydrogen) atoms. The van der Waals surface area contributed by atoms with Gasteiger partial charge in [0, 0.05) is 9.37 Å². The fourth-order valence-corrected chi connectivity index (χ4v) is 3.71. The first-order valence-electron chi connectivity index (χ1n) is 7.30. The highest BCUT2D eigenvalue weighted by molar-refractivity contribution is 9.10. The van der Waals surface area contributed by atoms with Crippen molar-refractivity contribution >= 4 is 50.9 Å². The number of halogens is 2. The molecule has 0 aliphatic heterocycles. The Hall–Kier alpha value is -1.83. The SMILES string of the molecule is Cc1noc(CSc2ccccc2C(=O)Nc2ccc(Br)cc2Cl)n1. The number of benzene rings is 2. The zero-order chi connectivity index (χ0) is 17.8. The Balaban J connectivity index is 1.76. The molecule has 2 aromatic carbocycles. The zero-order valence-corrected chi connectivity index (χ0v) is 16.3. The minimum atomic E-state index is -0.228. The van der Waals surface area contributed by atoms with E-state index in [1.54, 1.807) is 25.1 Å². The number of hydrogen-bond donors (Lipinski definition) is 1. The number of carbonyl (C=O) groups is 1. The van der Waals surface area contributed by atoms with E-state index in [2.05, 4.69) is 31.4 Å². The number of amides is 1. The van der Waals surface area contributed by atoms with E-state index in [4.69, 9.17) is 16.1 Å². The second kappa shape index (κ2) is 8.03. The van der Waals surface area contributed by atoms with Gasteiger partial charge in [0.25, 0.3) is 5.91 Å². The zero-order valence-electron chi connectivity index (χ0n) is 13.1. The Morgan fingerprint density at radius 2 is 2.12 bits per heavy atom. The largest absolute Gasteiger partial charge is 0.338 e. The molecule has 0 atom stereocenters. The van der Waals surface area contributed by atoms with Crippen LogP contribution in [0.1, 0.15) is 22.1 Å². The van der Waals surface area contributed by atoms with Gasteiger partial charge in [-0.25, -0.2) is 0 Å². The van der Waals surface area contributed by atoms with Gasteiger partial charge in [0.05, 0.1) is 22.0 Å². The lowest BCUT2D eigenvalue weighted by atomic mass is 10.2. The summed E-state index contributed by atoms with van der Waals surface area (Å²) in [6, 6.07) is 12.6. The van der Waals surface area contributed by atoms with Crippen molar-refractivity contribution in [3.63, 3.8) is 0 Å².